The van der Waals surface area contributed by atoms with Crippen molar-refractivity contribution in [2.75, 3.05) is 33.4 Å². The fourth-order valence-electron chi connectivity index (χ4n) is 3.67. The summed E-state index contributed by atoms with van der Waals surface area (Å²) in [4.78, 5) is 19.1. The van der Waals surface area contributed by atoms with Crippen molar-refractivity contribution in [2.45, 2.75) is 38.3 Å². The van der Waals surface area contributed by atoms with E-state index in [1.54, 1.807) is 25.3 Å². The largest absolute Gasteiger partial charge is 0.489 e. The number of benzene rings is 1. The molecule has 0 bridgehead atoms. The number of carbonyl (C=O) groups is 1. The zero-order valence-electron chi connectivity index (χ0n) is 17.6. The number of amides is 1. The number of hydrogen-bond acceptors (Lipinski definition) is 5. The highest BCUT2D eigenvalue weighted by Gasteiger charge is 2.24. The minimum absolute atomic E-state index is 0.127. The van der Waals surface area contributed by atoms with Gasteiger partial charge in [0.2, 0.25) is 0 Å². The summed E-state index contributed by atoms with van der Waals surface area (Å²) in [6, 6.07) is 11.7. The van der Waals surface area contributed by atoms with Crippen molar-refractivity contribution in [3.8, 4) is 5.75 Å². The van der Waals surface area contributed by atoms with Gasteiger partial charge in [-0.15, -0.1) is 0 Å². The molecular weight excluding hydrogens is 402 g/mol. The van der Waals surface area contributed by atoms with Crippen molar-refractivity contribution in [3.05, 3.63) is 58.9 Å². The smallest absolute Gasteiger partial charge is 0.251 e. The predicted octanol–water partition coefficient (Wildman–Crippen LogP) is 3.59. The maximum atomic E-state index is 12.1. The molecule has 30 heavy (non-hydrogen) atoms. The standard InChI is InChI=1S/C23H30ClN3O3/c1-17(15-19-5-3-4-10-25-19)27-12-8-20(9-13-27)30-22-7-6-18(16-21(22)24)23(28)26-11-14-29-2/h3-7,10,16-17,20H,8-9,11-15H2,1-2H3,(H,26,28)/t17-/m0/s1. The number of hydrogen-bond donors (Lipinski definition) is 1. The lowest BCUT2D eigenvalue weighted by atomic mass is 10.0. The van der Waals surface area contributed by atoms with E-state index in [-0.39, 0.29) is 12.0 Å². The van der Waals surface area contributed by atoms with Crippen molar-refractivity contribution in [1.82, 2.24) is 15.2 Å². The SMILES string of the molecule is COCCNC(=O)c1ccc(OC2CCN([C@@H](C)Cc3ccccn3)CC2)c(Cl)c1. The van der Waals surface area contributed by atoms with Crippen LogP contribution in [0.3, 0.4) is 0 Å². The van der Waals surface area contributed by atoms with E-state index in [2.05, 4.69) is 28.2 Å². The van der Waals surface area contributed by atoms with Crippen LogP contribution in [0.4, 0.5) is 0 Å². The third-order valence-corrected chi connectivity index (χ3v) is 5.71. The lowest BCUT2D eigenvalue weighted by Crippen LogP contribution is -2.43. The molecule has 0 spiro atoms. The number of nitrogens with zero attached hydrogens (tertiary/aromatic N) is 2. The molecule has 1 saturated heterocycles. The second kappa shape index (κ2) is 11.3. The molecule has 1 atom stereocenters. The van der Waals surface area contributed by atoms with Gasteiger partial charge in [0, 0.05) is 56.7 Å². The Morgan fingerprint density at radius 1 is 1.30 bits per heavy atom. The third-order valence-electron chi connectivity index (χ3n) is 5.41. The number of rotatable bonds is 9. The number of ether oxygens (including phenoxy) is 2. The number of nitrogens with one attached hydrogen (secondary N) is 1. The van der Waals surface area contributed by atoms with Gasteiger partial charge < -0.3 is 14.8 Å². The molecule has 1 aliphatic rings. The molecule has 0 radical (unpaired) electrons. The fraction of sp³-hybridized carbons (Fsp3) is 0.478. The Labute approximate surface area is 183 Å². The van der Waals surface area contributed by atoms with Crippen molar-refractivity contribution in [3.63, 3.8) is 0 Å². The minimum atomic E-state index is -0.171. The Morgan fingerprint density at radius 3 is 2.77 bits per heavy atom. The number of pyridine rings is 1. The van der Waals surface area contributed by atoms with Crippen molar-refractivity contribution >= 4 is 17.5 Å². The number of methoxy groups -OCH3 is 1. The first-order valence-electron chi connectivity index (χ1n) is 10.4. The first kappa shape index (κ1) is 22.5. The highest BCUT2D eigenvalue weighted by molar-refractivity contribution is 6.32. The Hall–Kier alpha value is -2.15. The molecule has 2 heterocycles. The summed E-state index contributed by atoms with van der Waals surface area (Å²) in [6.07, 6.45) is 4.82. The first-order valence-corrected chi connectivity index (χ1v) is 10.8. The maximum absolute atomic E-state index is 12.1. The Kier molecular flexibility index (Phi) is 8.49. The quantitative estimate of drug-likeness (QED) is 0.615. The van der Waals surface area contributed by atoms with Crippen molar-refractivity contribution < 1.29 is 14.3 Å². The van der Waals surface area contributed by atoms with E-state index < -0.39 is 0 Å². The maximum Gasteiger partial charge on any atom is 0.251 e. The molecule has 0 saturated carbocycles. The van der Waals surface area contributed by atoms with Gasteiger partial charge in [-0.2, -0.15) is 0 Å². The average molecular weight is 432 g/mol. The molecule has 0 unspecified atom stereocenters. The van der Waals surface area contributed by atoms with Crippen LogP contribution in [-0.2, 0) is 11.2 Å². The fourth-order valence-corrected chi connectivity index (χ4v) is 3.90. The van der Waals surface area contributed by atoms with Gasteiger partial charge >= 0.3 is 0 Å². The van der Waals surface area contributed by atoms with E-state index in [4.69, 9.17) is 21.1 Å². The molecule has 1 aromatic carbocycles. The van der Waals surface area contributed by atoms with E-state index in [0.29, 0.717) is 35.5 Å². The first-order chi connectivity index (χ1) is 14.6. The molecule has 2 aromatic rings. The van der Waals surface area contributed by atoms with Gasteiger partial charge in [0.1, 0.15) is 11.9 Å². The van der Waals surface area contributed by atoms with Gasteiger partial charge in [-0.1, -0.05) is 17.7 Å². The highest BCUT2D eigenvalue weighted by atomic mass is 35.5. The summed E-state index contributed by atoms with van der Waals surface area (Å²) in [7, 11) is 1.60. The van der Waals surface area contributed by atoms with Crippen LogP contribution in [0.2, 0.25) is 5.02 Å². The number of halogens is 1. The molecular formula is C23H30ClN3O3. The topological polar surface area (TPSA) is 63.7 Å². The zero-order chi connectivity index (χ0) is 21.3. The summed E-state index contributed by atoms with van der Waals surface area (Å²) in [5, 5.41) is 3.25. The molecule has 0 aliphatic carbocycles. The summed E-state index contributed by atoms with van der Waals surface area (Å²) >= 11 is 6.38. The van der Waals surface area contributed by atoms with Crippen LogP contribution in [0.5, 0.6) is 5.75 Å². The molecule has 1 fully saturated rings. The number of aromatic nitrogens is 1. The highest BCUT2D eigenvalue weighted by Crippen LogP contribution is 2.29. The summed E-state index contributed by atoms with van der Waals surface area (Å²) in [5.41, 5.74) is 1.64. The molecule has 6 nitrogen and oxygen atoms in total. The molecule has 7 heteroatoms. The van der Waals surface area contributed by atoms with E-state index in [1.807, 2.05) is 18.3 Å². The van der Waals surface area contributed by atoms with Crippen LogP contribution < -0.4 is 10.1 Å². The van der Waals surface area contributed by atoms with E-state index in [1.165, 1.54) is 0 Å². The van der Waals surface area contributed by atoms with Crippen molar-refractivity contribution in [2.24, 2.45) is 0 Å². The summed E-state index contributed by atoms with van der Waals surface area (Å²) in [6.45, 7) is 5.15. The molecule has 1 aromatic heterocycles. The van der Waals surface area contributed by atoms with Crippen LogP contribution >= 0.6 is 11.6 Å². The third kappa shape index (κ3) is 6.42. The number of carbonyl (C=O) groups excluding carboxylic acids is 1. The monoisotopic (exact) mass is 431 g/mol. The summed E-state index contributed by atoms with van der Waals surface area (Å²) < 4.78 is 11.1. The normalized spacial score (nSPS) is 16.2. The second-order valence-electron chi connectivity index (χ2n) is 7.62. The molecule has 162 valence electrons. The van der Waals surface area contributed by atoms with Crippen LogP contribution in [0, 0.1) is 0 Å². The second-order valence-corrected chi connectivity index (χ2v) is 8.03. The molecule has 1 amide bonds. The van der Waals surface area contributed by atoms with Gasteiger partial charge in [0.25, 0.3) is 5.91 Å². The zero-order valence-corrected chi connectivity index (χ0v) is 18.4. The average Bonchev–Trinajstić information content (AvgIpc) is 2.76. The van der Waals surface area contributed by atoms with Gasteiger partial charge in [-0.25, -0.2) is 0 Å². The van der Waals surface area contributed by atoms with Crippen LogP contribution in [0.25, 0.3) is 0 Å². The van der Waals surface area contributed by atoms with E-state index >= 15 is 0 Å². The Morgan fingerprint density at radius 2 is 2.10 bits per heavy atom. The molecule has 3 rings (SSSR count). The van der Waals surface area contributed by atoms with E-state index in [0.717, 1.165) is 38.0 Å². The Balaban J connectivity index is 1.48. The number of piperidine rings is 1. The number of likely N-dealkylation sites (tertiary alicyclic amines) is 1. The Bertz CT molecular complexity index is 811. The molecule has 1 N–H and O–H groups in total. The van der Waals surface area contributed by atoms with E-state index in [9.17, 15) is 4.79 Å². The summed E-state index contributed by atoms with van der Waals surface area (Å²) in [5.74, 6) is 0.459. The lowest BCUT2D eigenvalue weighted by molar-refractivity contribution is 0.0797. The van der Waals surface area contributed by atoms with Gasteiger partial charge in [0.05, 0.1) is 11.6 Å². The van der Waals surface area contributed by atoms with Gasteiger partial charge in [0.15, 0.2) is 0 Å². The predicted molar refractivity (Wildman–Crippen MR) is 118 cm³/mol. The van der Waals surface area contributed by atoms with Gasteiger partial charge in [-0.3, -0.25) is 14.7 Å². The van der Waals surface area contributed by atoms with Gasteiger partial charge in [-0.05, 0) is 50.1 Å². The van der Waals surface area contributed by atoms with Crippen LogP contribution in [-0.4, -0.2) is 61.3 Å². The van der Waals surface area contributed by atoms with Crippen LogP contribution in [0.15, 0.2) is 42.6 Å². The van der Waals surface area contributed by atoms with Crippen LogP contribution in [0.1, 0.15) is 35.8 Å². The molecule has 1 aliphatic heterocycles. The lowest BCUT2D eigenvalue weighted by Gasteiger charge is -2.36. The minimum Gasteiger partial charge on any atom is -0.489 e. The van der Waals surface area contributed by atoms with Crippen molar-refractivity contribution in [1.29, 1.82) is 0 Å².